The van der Waals surface area contributed by atoms with Gasteiger partial charge in [0.05, 0.1) is 13.1 Å². The predicted molar refractivity (Wildman–Crippen MR) is 119 cm³/mol. The predicted octanol–water partition coefficient (Wildman–Crippen LogP) is 3.70. The van der Waals surface area contributed by atoms with Crippen LogP contribution in [0, 0.1) is 5.82 Å². The summed E-state index contributed by atoms with van der Waals surface area (Å²) in [5.74, 6) is 0.117. The van der Waals surface area contributed by atoms with Gasteiger partial charge in [-0.15, -0.1) is 24.0 Å². The van der Waals surface area contributed by atoms with Crippen molar-refractivity contribution in [3.63, 3.8) is 0 Å². The van der Waals surface area contributed by atoms with E-state index in [0.717, 1.165) is 17.7 Å². The van der Waals surface area contributed by atoms with Crippen LogP contribution in [0.1, 0.15) is 25.0 Å². The maximum atomic E-state index is 12.9. The van der Waals surface area contributed by atoms with Crippen molar-refractivity contribution in [3.8, 4) is 0 Å². The molecule has 0 heterocycles. The first-order chi connectivity index (χ1) is 12.6. The molecule has 2 rings (SSSR count). The fourth-order valence-electron chi connectivity index (χ4n) is 2.34. The average molecular weight is 484 g/mol. The van der Waals surface area contributed by atoms with Gasteiger partial charge in [0.2, 0.25) is 5.91 Å². The number of halogens is 2. The zero-order valence-corrected chi connectivity index (χ0v) is 17.9. The molecule has 0 aromatic heterocycles. The first kappa shape index (κ1) is 22.9. The number of anilines is 1. The van der Waals surface area contributed by atoms with Gasteiger partial charge in [-0.25, -0.2) is 9.38 Å². The second-order valence-corrected chi connectivity index (χ2v) is 5.78. The molecule has 0 aliphatic carbocycles. The third kappa shape index (κ3) is 8.38. The standard InChI is InChI=1S/C20H25FN4O.HI/c1-3-15-6-5-7-18(12-15)25-19(26)14-24-20(22-4-2)23-13-16-8-10-17(21)11-9-16;/h5-12H,3-4,13-14H2,1-2H3,(H,25,26)(H2,22,23,24);1H. The number of nitrogens with one attached hydrogen (secondary N) is 3. The Labute approximate surface area is 176 Å². The Bertz CT molecular complexity index is 750. The number of hydrogen-bond acceptors (Lipinski definition) is 2. The van der Waals surface area contributed by atoms with Crippen LogP contribution in [0.5, 0.6) is 0 Å². The van der Waals surface area contributed by atoms with Gasteiger partial charge in [-0.3, -0.25) is 4.79 Å². The van der Waals surface area contributed by atoms with E-state index < -0.39 is 0 Å². The summed E-state index contributed by atoms with van der Waals surface area (Å²) in [6.45, 7) is 5.20. The Morgan fingerprint density at radius 1 is 1.04 bits per heavy atom. The van der Waals surface area contributed by atoms with E-state index in [2.05, 4.69) is 27.9 Å². The van der Waals surface area contributed by atoms with Gasteiger partial charge in [0.15, 0.2) is 5.96 Å². The van der Waals surface area contributed by atoms with Crippen LogP contribution in [0.4, 0.5) is 10.1 Å². The molecule has 7 heteroatoms. The summed E-state index contributed by atoms with van der Waals surface area (Å²) >= 11 is 0. The van der Waals surface area contributed by atoms with Gasteiger partial charge in [0.1, 0.15) is 5.82 Å². The van der Waals surface area contributed by atoms with Crippen molar-refractivity contribution in [2.75, 3.05) is 18.4 Å². The highest BCUT2D eigenvalue weighted by atomic mass is 127. The maximum absolute atomic E-state index is 12.9. The minimum absolute atomic E-state index is 0. The van der Waals surface area contributed by atoms with Crippen molar-refractivity contribution in [2.24, 2.45) is 4.99 Å². The highest BCUT2D eigenvalue weighted by Gasteiger charge is 2.05. The summed E-state index contributed by atoms with van der Waals surface area (Å²) < 4.78 is 12.9. The van der Waals surface area contributed by atoms with E-state index in [1.54, 1.807) is 12.1 Å². The monoisotopic (exact) mass is 484 g/mol. The second-order valence-electron chi connectivity index (χ2n) is 5.78. The highest BCUT2D eigenvalue weighted by Crippen LogP contribution is 2.10. The zero-order chi connectivity index (χ0) is 18.8. The van der Waals surface area contributed by atoms with Crippen molar-refractivity contribution in [3.05, 3.63) is 65.5 Å². The van der Waals surface area contributed by atoms with Crippen LogP contribution >= 0.6 is 24.0 Å². The normalized spacial score (nSPS) is 10.7. The molecule has 2 aromatic carbocycles. The van der Waals surface area contributed by atoms with E-state index in [0.29, 0.717) is 19.0 Å². The molecule has 2 aromatic rings. The van der Waals surface area contributed by atoms with Crippen LogP contribution < -0.4 is 16.0 Å². The van der Waals surface area contributed by atoms with E-state index in [4.69, 9.17) is 0 Å². The minimum Gasteiger partial charge on any atom is -0.357 e. The Morgan fingerprint density at radius 2 is 1.78 bits per heavy atom. The molecule has 0 atom stereocenters. The molecule has 0 aliphatic rings. The summed E-state index contributed by atoms with van der Waals surface area (Å²) in [6.07, 6.45) is 0.919. The number of nitrogens with zero attached hydrogens (tertiary/aromatic N) is 1. The van der Waals surface area contributed by atoms with Crippen LogP contribution in [0.3, 0.4) is 0 Å². The van der Waals surface area contributed by atoms with Crippen molar-refractivity contribution >= 4 is 41.5 Å². The lowest BCUT2D eigenvalue weighted by Crippen LogP contribution is -2.41. The van der Waals surface area contributed by atoms with Gasteiger partial charge in [-0.05, 0) is 48.7 Å². The molecular formula is C20H26FIN4O. The number of rotatable bonds is 7. The number of hydrogen-bond donors (Lipinski definition) is 3. The van der Waals surface area contributed by atoms with Crippen LogP contribution in [0.2, 0.25) is 0 Å². The third-order valence-corrected chi connectivity index (χ3v) is 3.71. The van der Waals surface area contributed by atoms with Gasteiger partial charge in [0, 0.05) is 12.2 Å². The quantitative estimate of drug-likeness (QED) is 0.319. The summed E-state index contributed by atoms with van der Waals surface area (Å²) in [7, 11) is 0. The van der Waals surface area contributed by atoms with Gasteiger partial charge >= 0.3 is 0 Å². The van der Waals surface area contributed by atoms with Gasteiger partial charge < -0.3 is 16.0 Å². The number of guanidine groups is 1. The molecule has 3 N–H and O–H groups in total. The number of benzene rings is 2. The first-order valence-electron chi connectivity index (χ1n) is 8.76. The molecule has 0 saturated heterocycles. The summed E-state index contributed by atoms with van der Waals surface area (Å²) in [4.78, 5) is 16.5. The molecule has 27 heavy (non-hydrogen) atoms. The van der Waals surface area contributed by atoms with Crippen LogP contribution in [0.15, 0.2) is 53.5 Å². The van der Waals surface area contributed by atoms with Crippen LogP contribution in [-0.2, 0) is 17.8 Å². The Morgan fingerprint density at radius 3 is 2.44 bits per heavy atom. The summed E-state index contributed by atoms with van der Waals surface area (Å²) in [5.41, 5.74) is 2.85. The van der Waals surface area contributed by atoms with Crippen LogP contribution in [0.25, 0.3) is 0 Å². The molecule has 0 fully saturated rings. The van der Waals surface area contributed by atoms with Gasteiger partial charge in [-0.1, -0.05) is 31.2 Å². The Kier molecular flexibility index (Phi) is 10.4. The van der Waals surface area contributed by atoms with Crippen molar-refractivity contribution < 1.29 is 9.18 Å². The largest absolute Gasteiger partial charge is 0.357 e. The smallest absolute Gasteiger partial charge is 0.243 e. The molecule has 0 saturated carbocycles. The lowest BCUT2D eigenvalue weighted by Gasteiger charge is -2.12. The van der Waals surface area contributed by atoms with Gasteiger partial charge in [-0.2, -0.15) is 0 Å². The third-order valence-electron chi connectivity index (χ3n) is 3.71. The molecular weight excluding hydrogens is 458 g/mol. The molecule has 0 aliphatic heterocycles. The molecule has 5 nitrogen and oxygen atoms in total. The lowest BCUT2D eigenvalue weighted by molar-refractivity contribution is -0.115. The van der Waals surface area contributed by atoms with Crippen molar-refractivity contribution in [2.45, 2.75) is 26.8 Å². The molecule has 0 spiro atoms. The molecule has 146 valence electrons. The first-order valence-corrected chi connectivity index (χ1v) is 8.76. The second kappa shape index (κ2) is 12.3. The number of amides is 1. The van der Waals surface area contributed by atoms with E-state index in [1.165, 1.54) is 17.7 Å². The highest BCUT2D eigenvalue weighted by molar-refractivity contribution is 14.0. The number of carbonyl (C=O) groups is 1. The Hall–Kier alpha value is -2.16. The van der Waals surface area contributed by atoms with E-state index in [1.807, 2.05) is 31.2 Å². The summed E-state index contributed by atoms with van der Waals surface area (Å²) in [5, 5.41) is 8.96. The van der Waals surface area contributed by atoms with Gasteiger partial charge in [0.25, 0.3) is 0 Å². The minimum atomic E-state index is -0.272. The molecule has 0 bridgehead atoms. The average Bonchev–Trinajstić information content (AvgIpc) is 2.65. The number of carbonyl (C=O) groups excluding carboxylic acids is 1. The lowest BCUT2D eigenvalue weighted by atomic mass is 10.1. The Balaban J connectivity index is 0.00000364. The topological polar surface area (TPSA) is 65.5 Å². The molecule has 0 unspecified atom stereocenters. The maximum Gasteiger partial charge on any atom is 0.243 e. The van der Waals surface area contributed by atoms with E-state index >= 15 is 0 Å². The fourth-order valence-corrected chi connectivity index (χ4v) is 2.34. The SMILES string of the molecule is CCNC(=NCc1ccc(F)cc1)NCC(=O)Nc1cccc(CC)c1.I. The number of aliphatic imine (C=N–C) groups is 1. The van der Waals surface area contributed by atoms with E-state index in [-0.39, 0.29) is 42.2 Å². The summed E-state index contributed by atoms with van der Waals surface area (Å²) in [6, 6.07) is 14.0. The van der Waals surface area contributed by atoms with Crippen molar-refractivity contribution in [1.29, 1.82) is 0 Å². The molecule has 0 radical (unpaired) electrons. The van der Waals surface area contributed by atoms with E-state index in [9.17, 15) is 9.18 Å². The number of aryl methyl sites for hydroxylation is 1. The van der Waals surface area contributed by atoms with Crippen molar-refractivity contribution in [1.82, 2.24) is 10.6 Å². The zero-order valence-electron chi connectivity index (χ0n) is 15.6. The molecule has 1 amide bonds. The fraction of sp³-hybridized carbons (Fsp3) is 0.300. The van der Waals surface area contributed by atoms with Crippen LogP contribution in [-0.4, -0.2) is 25.0 Å².